The Bertz CT molecular complexity index is 294. The van der Waals surface area contributed by atoms with E-state index in [1.807, 2.05) is 0 Å². The fourth-order valence-electron chi connectivity index (χ4n) is 1.24. The van der Waals surface area contributed by atoms with Gasteiger partial charge in [0, 0.05) is 33.0 Å². The van der Waals surface area contributed by atoms with Gasteiger partial charge in [-0.15, -0.1) is 0 Å². The molecule has 1 atom stereocenters. The average molecular weight is 258 g/mol. The Morgan fingerprint density at radius 2 is 1.72 bits per heavy atom. The van der Waals surface area contributed by atoms with Crippen molar-refractivity contribution >= 4 is 17.7 Å². The van der Waals surface area contributed by atoms with Crippen LogP contribution in [-0.2, 0) is 14.4 Å². The highest BCUT2D eigenvalue weighted by Crippen LogP contribution is 1.94. The van der Waals surface area contributed by atoms with Gasteiger partial charge in [-0.1, -0.05) is 0 Å². The summed E-state index contributed by atoms with van der Waals surface area (Å²) >= 11 is 0. The van der Waals surface area contributed by atoms with Gasteiger partial charge in [0.1, 0.15) is 6.04 Å². The number of amides is 3. The van der Waals surface area contributed by atoms with Crippen molar-refractivity contribution in [2.24, 2.45) is 5.73 Å². The SMILES string of the molecule is CCNC(=O)[C@@H](N)CNC(=O)CCCC(=O)NC. The van der Waals surface area contributed by atoms with Crippen LogP contribution in [-0.4, -0.2) is 43.9 Å². The summed E-state index contributed by atoms with van der Waals surface area (Å²) < 4.78 is 0. The summed E-state index contributed by atoms with van der Waals surface area (Å²) in [6.07, 6.45) is 1.03. The van der Waals surface area contributed by atoms with Crippen molar-refractivity contribution in [3.63, 3.8) is 0 Å². The molecule has 3 amide bonds. The van der Waals surface area contributed by atoms with Crippen LogP contribution in [0.25, 0.3) is 0 Å². The first-order valence-electron chi connectivity index (χ1n) is 6.01. The molecular weight excluding hydrogens is 236 g/mol. The van der Waals surface area contributed by atoms with Gasteiger partial charge < -0.3 is 21.7 Å². The Morgan fingerprint density at radius 1 is 1.11 bits per heavy atom. The second-order valence-electron chi connectivity index (χ2n) is 3.83. The van der Waals surface area contributed by atoms with Crippen LogP contribution in [0.4, 0.5) is 0 Å². The van der Waals surface area contributed by atoms with Crippen LogP contribution >= 0.6 is 0 Å². The predicted octanol–water partition coefficient (Wildman–Crippen LogP) is -1.52. The van der Waals surface area contributed by atoms with E-state index < -0.39 is 6.04 Å². The number of carbonyl (C=O) groups excluding carboxylic acids is 3. The van der Waals surface area contributed by atoms with E-state index in [0.29, 0.717) is 19.4 Å². The van der Waals surface area contributed by atoms with E-state index in [-0.39, 0.29) is 30.7 Å². The molecule has 0 aromatic rings. The number of nitrogens with one attached hydrogen (secondary N) is 3. The molecule has 0 unspecified atom stereocenters. The molecular formula is C11H22N4O3. The highest BCUT2D eigenvalue weighted by Gasteiger charge is 2.13. The first-order chi connectivity index (χ1) is 8.51. The lowest BCUT2D eigenvalue weighted by Gasteiger charge is -2.12. The van der Waals surface area contributed by atoms with Gasteiger partial charge >= 0.3 is 0 Å². The van der Waals surface area contributed by atoms with Crippen molar-refractivity contribution in [3.05, 3.63) is 0 Å². The quantitative estimate of drug-likeness (QED) is 0.423. The molecule has 0 aliphatic carbocycles. The summed E-state index contributed by atoms with van der Waals surface area (Å²) in [5.41, 5.74) is 5.56. The van der Waals surface area contributed by atoms with Gasteiger partial charge in [0.2, 0.25) is 17.7 Å². The van der Waals surface area contributed by atoms with E-state index in [4.69, 9.17) is 5.73 Å². The highest BCUT2D eigenvalue weighted by molar-refractivity contribution is 5.83. The van der Waals surface area contributed by atoms with Crippen molar-refractivity contribution in [2.75, 3.05) is 20.1 Å². The molecule has 0 aromatic carbocycles. The maximum Gasteiger partial charge on any atom is 0.238 e. The molecule has 0 saturated carbocycles. The second kappa shape index (κ2) is 9.41. The molecule has 7 nitrogen and oxygen atoms in total. The van der Waals surface area contributed by atoms with Crippen LogP contribution in [0.1, 0.15) is 26.2 Å². The summed E-state index contributed by atoms with van der Waals surface area (Å²) in [5.74, 6) is -0.594. The lowest BCUT2D eigenvalue weighted by Crippen LogP contribution is -2.47. The summed E-state index contributed by atoms with van der Waals surface area (Å²) in [5, 5.41) is 7.60. The van der Waals surface area contributed by atoms with Gasteiger partial charge in [-0.2, -0.15) is 0 Å². The Morgan fingerprint density at radius 3 is 2.28 bits per heavy atom. The standard InChI is InChI=1S/C11H22N4O3/c1-3-14-11(18)8(12)7-15-10(17)6-4-5-9(16)13-2/h8H,3-7,12H2,1-2H3,(H,13,16)(H,14,18)(H,15,17)/t8-/m0/s1. The first kappa shape index (κ1) is 16.4. The largest absolute Gasteiger partial charge is 0.359 e. The molecule has 7 heteroatoms. The summed E-state index contributed by atoms with van der Waals surface area (Å²) in [6, 6.07) is -0.743. The zero-order valence-corrected chi connectivity index (χ0v) is 10.9. The second-order valence-corrected chi connectivity index (χ2v) is 3.83. The summed E-state index contributed by atoms with van der Waals surface area (Å²) in [4.78, 5) is 33.5. The fourth-order valence-corrected chi connectivity index (χ4v) is 1.24. The third kappa shape index (κ3) is 7.61. The minimum absolute atomic E-state index is 0.0955. The van der Waals surface area contributed by atoms with Crippen molar-refractivity contribution < 1.29 is 14.4 Å². The van der Waals surface area contributed by atoms with Crippen LogP contribution in [0.2, 0.25) is 0 Å². The molecule has 0 aliphatic rings. The van der Waals surface area contributed by atoms with Crippen LogP contribution in [0.15, 0.2) is 0 Å². The topological polar surface area (TPSA) is 113 Å². The Hall–Kier alpha value is -1.63. The Labute approximate surface area is 107 Å². The van der Waals surface area contributed by atoms with Crippen molar-refractivity contribution in [1.82, 2.24) is 16.0 Å². The summed E-state index contributed by atoms with van der Waals surface area (Å²) in [7, 11) is 1.55. The third-order valence-corrected chi connectivity index (χ3v) is 2.29. The van der Waals surface area contributed by atoms with Gasteiger partial charge in [-0.25, -0.2) is 0 Å². The molecule has 104 valence electrons. The zero-order valence-electron chi connectivity index (χ0n) is 10.9. The van der Waals surface area contributed by atoms with Gasteiger partial charge in [-0.3, -0.25) is 14.4 Å². The molecule has 0 radical (unpaired) electrons. The smallest absolute Gasteiger partial charge is 0.238 e. The molecule has 0 rings (SSSR count). The van der Waals surface area contributed by atoms with E-state index in [1.54, 1.807) is 14.0 Å². The molecule has 0 fully saturated rings. The lowest BCUT2D eigenvalue weighted by molar-refractivity contribution is -0.123. The number of hydrogen-bond donors (Lipinski definition) is 4. The Balaban J connectivity index is 3.70. The van der Waals surface area contributed by atoms with E-state index in [9.17, 15) is 14.4 Å². The fraction of sp³-hybridized carbons (Fsp3) is 0.727. The molecule has 0 heterocycles. The van der Waals surface area contributed by atoms with E-state index in [0.717, 1.165) is 0 Å². The number of hydrogen-bond acceptors (Lipinski definition) is 4. The highest BCUT2D eigenvalue weighted by atomic mass is 16.2. The monoisotopic (exact) mass is 258 g/mol. The number of rotatable bonds is 8. The molecule has 5 N–H and O–H groups in total. The zero-order chi connectivity index (χ0) is 14.0. The van der Waals surface area contributed by atoms with Gasteiger partial charge in [0.05, 0.1) is 0 Å². The maximum absolute atomic E-state index is 11.4. The predicted molar refractivity (Wildman–Crippen MR) is 67.6 cm³/mol. The summed E-state index contributed by atoms with van der Waals surface area (Å²) in [6.45, 7) is 2.40. The lowest BCUT2D eigenvalue weighted by atomic mass is 10.2. The number of likely N-dealkylation sites (N-methyl/N-ethyl adjacent to an activating group) is 1. The third-order valence-electron chi connectivity index (χ3n) is 2.29. The van der Waals surface area contributed by atoms with Crippen molar-refractivity contribution in [1.29, 1.82) is 0 Å². The minimum atomic E-state index is -0.743. The van der Waals surface area contributed by atoms with Crippen molar-refractivity contribution in [2.45, 2.75) is 32.2 Å². The van der Waals surface area contributed by atoms with E-state index in [1.165, 1.54) is 0 Å². The average Bonchev–Trinajstić information content (AvgIpc) is 2.35. The molecule has 0 saturated heterocycles. The van der Waals surface area contributed by atoms with Gasteiger partial charge in [0.25, 0.3) is 0 Å². The van der Waals surface area contributed by atoms with Crippen LogP contribution in [0.5, 0.6) is 0 Å². The molecule has 0 spiro atoms. The normalized spacial score (nSPS) is 11.5. The Kier molecular flexibility index (Phi) is 8.55. The molecule has 0 bridgehead atoms. The van der Waals surface area contributed by atoms with Crippen LogP contribution < -0.4 is 21.7 Å². The molecule has 0 aliphatic heterocycles. The molecule has 18 heavy (non-hydrogen) atoms. The van der Waals surface area contributed by atoms with Crippen LogP contribution in [0.3, 0.4) is 0 Å². The first-order valence-corrected chi connectivity index (χ1v) is 6.01. The van der Waals surface area contributed by atoms with Crippen LogP contribution in [0, 0.1) is 0 Å². The number of nitrogens with two attached hydrogens (primary N) is 1. The maximum atomic E-state index is 11.4. The van der Waals surface area contributed by atoms with E-state index in [2.05, 4.69) is 16.0 Å². The van der Waals surface area contributed by atoms with E-state index >= 15 is 0 Å². The van der Waals surface area contributed by atoms with Gasteiger partial charge in [0.15, 0.2) is 0 Å². The molecule has 0 aromatic heterocycles. The van der Waals surface area contributed by atoms with Crippen molar-refractivity contribution in [3.8, 4) is 0 Å². The minimum Gasteiger partial charge on any atom is -0.359 e. The number of carbonyl (C=O) groups is 3. The van der Waals surface area contributed by atoms with Gasteiger partial charge in [-0.05, 0) is 13.3 Å².